The van der Waals surface area contributed by atoms with Crippen LogP contribution in [0.2, 0.25) is 5.02 Å². The number of para-hydroxylation sites is 1. The van der Waals surface area contributed by atoms with E-state index in [1.807, 2.05) is 0 Å². The van der Waals surface area contributed by atoms with Gasteiger partial charge in [0.1, 0.15) is 6.04 Å². The highest BCUT2D eigenvalue weighted by atomic mass is 35.5. The fourth-order valence-electron chi connectivity index (χ4n) is 5.86. The molecule has 9 heteroatoms. The number of aliphatic hydroxyl groups is 1. The second kappa shape index (κ2) is 9.23. The summed E-state index contributed by atoms with van der Waals surface area (Å²) in [7, 11) is 1.60. The highest BCUT2D eigenvalue weighted by Crippen LogP contribution is 2.68. The molecule has 3 saturated heterocycles. The minimum Gasteiger partial charge on any atom is -0.396 e. The molecule has 1 spiro atoms. The van der Waals surface area contributed by atoms with E-state index in [0.29, 0.717) is 30.1 Å². The summed E-state index contributed by atoms with van der Waals surface area (Å²) in [4.78, 5) is 41.9. The van der Waals surface area contributed by atoms with Crippen LogP contribution >= 0.6 is 23.4 Å². The molecule has 3 fully saturated rings. The summed E-state index contributed by atoms with van der Waals surface area (Å²) < 4.78 is -0.638. The Morgan fingerprint density at radius 2 is 2.00 bits per heavy atom. The molecule has 1 aromatic carbocycles. The van der Waals surface area contributed by atoms with Crippen LogP contribution in [0.15, 0.2) is 24.3 Å². The zero-order chi connectivity index (χ0) is 23.0. The van der Waals surface area contributed by atoms with Crippen molar-refractivity contribution in [1.82, 2.24) is 10.2 Å². The molecule has 3 N–H and O–H groups in total. The number of hydrogen-bond donors (Lipinski definition) is 3. The molecular formula is C23H30ClN3O4S. The summed E-state index contributed by atoms with van der Waals surface area (Å²) in [5.74, 6) is -1.30. The number of benzene rings is 1. The molecular weight excluding hydrogens is 450 g/mol. The molecule has 7 nitrogen and oxygen atoms in total. The van der Waals surface area contributed by atoms with Gasteiger partial charge in [-0.25, -0.2) is 0 Å². The molecule has 2 bridgehead atoms. The molecule has 6 atom stereocenters. The van der Waals surface area contributed by atoms with E-state index < -0.39 is 22.6 Å². The Morgan fingerprint density at radius 1 is 1.25 bits per heavy atom. The van der Waals surface area contributed by atoms with Gasteiger partial charge in [-0.1, -0.05) is 30.7 Å². The number of rotatable bonds is 8. The van der Waals surface area contributed by atoms with Gasteiger partial charge in [-0.2, -0.15) is 0 Å². The van der Waals surface area contributed by atoms with Crippen LogP contribution in [0.1, 0.15) is 32.6 Å². The Bertz CT molecular complexity index is 915. The van der Waals surface area contributed by atoms with Crippen LogP contribution in [0.4, 0.5) is 5.69 Å². The number of amides is 3. The largest absolute Gasteiger partial charge is 0.396 e. The number of thioether (sulfide) groups is 1. The number of anilines is 1. The highest BCUT2D eigenvalue weighted by molar-refractivity contribution is 8.02. The van der Waals surface area contributed by atoms with E-state index in [0.717, 1.165) is 12.8 Å². The maximum Gasteiger partial charge on any atom is 0.248 e. The number of fused-ring (bicyclic) bond motifs is 1. The second-order valence-electron chi connectivity index (χ2n) is 8.95. The van der Waals surface area contributed by atoms with Gasteiger partial charge < -0.3 is 20.6 Å². The SMILES string of the molecule is CNC(=O)[C@@H]1[C@@H]2CC(C)C3(S2)C(C(=O)Nc2ccccc2Cl)N(CCCCCO)C(=O)[C@H]13. The van der Waals surface area contributed by atoms with Crippen LogP contribution in [0, 0.1) is 17.8 Å². The normalized spacial score (nSPS) is 32.8. The van der Waals surface area contributed by atoms with E-state index in [1.165, 1.54) is 0 Å². The number of carbonyl (C=O) groups is 3. The standard InChI is InChI=1S/C23H30ClN3O4S/c1-13-12-16-17(20(29)25-2)18-22(31)27(10-6-3-7-11-28)19(23(13,18)32-16)21(30)26-15-9-5-4-8-14(15)24/h4-5,8-9,13,16-19,28H,3,6-7,10-12H2,1-2H3,(H,25,29)(H,26,30)/t13?,16-,17+,18-,19?,23?/m0/s1. The van der Waals surface area contributed by atoms with Gasteiger partial charge in [-0.15, -0.1) is 11.8 Å². The topological polar surface area (TPSA) is 98.7 Å². The van der Waals surface area contributed by atoms with Crippen molar-refractivity contribution in [2.75, 3.05) is 25.5 Å². The van der Waals surface area contributed by atoms with Crippen molar-refractivity contribution in [3.8, 4) is 0 Å². The number of nitrogens with zero attached hydrogens (tertiary/aromatic N) is 1. The summed E-state index contributed by atoms with van der Waals surface area (Å²) in [5.41, 5.74) is 0.514. The van der Waals surface area contributed by atoms with Gasteiger partial charge in [-0.05, 0) is 43.7 Å². The van der Waals surface area contributed by atoms with E-state index in [4.69, 9.17) is 16.7 Å². The monoisotopic (exact) mass is 479 g/mol. The van der Waals surface area contributed by atoms with Crippen molar-refractivity contribution < 1.29 is 19.5 Å². The van der Waals surface area contributed by atoms with Crippen molar-refractivity contribution in [2.45, 2.75) is 48.6 Å². The Kier molecular flexibility index (Phi) is 6.75. The maximum absolute atomic E-state index is 13.7. The van der Waals surface area contributed by atoms with Gasteiger partial charge in [0.05, 0.1) is 27.3 Å². The minimum absolute atomic E-state index is 0.0334. The van der Waals surface area contributed by atoms with Crippen LogP contribution < -0.4 is 10.6 Å². The predicted molar refractivity (Wildman–Crippen MR) is 125 cm³/mol. The number of aliphatic hydroxyl groups excluding tert-OH is 1. The Morgan fingerprint density at radius 3 is 2.69 bits per heavy atom. The van der Waals surface area contributed by atoms with Gasteiger partial charge >= 0.3 is 0 Å². The first kappa shape index (κ1) is 23.4. The smallest absolute Gasteiger partial charge is 0.248 e. The Balaban J connectivity index is 1.70. The molecule has 4 rings (SSSR count). The summed E-state index contributed by atoms with van der Waals surface area (Å²) in [6.45, 7) is 2.62. The number of likely N-dealkylation sites (tertiary alicyclic amines) is 1. The Hall–Kier alpha value is -1.77. The zero-order valence-electron chi connectivity index (χ0n) is 18.3. The van der Waals surface area contributed by atoms with Gasteiger partial charge in [0.15, 0.2) is 0 Å². The quantitative estimate of drug-likeness (QED) is 0.498. The van der Waals surface area contributed by atoms with E-state index in [2.05, 4.69) is 17.6 Å². The number of carbonyl (C=O) groups excluding carboxylic acids is 3. The van der Waals surface area contributed by atoms with E-state index in [9.17, 15) is 14.4 Å². The summed E-state index contributed by atoms with van der Waals surface area (Å²) in [5, 5.41) is 15.3. The highest BCUT2D eigenvalue weighted by Gasteiger charge is 2.75. The van der Waals surface area contributed by atoms with Gasteiger partial charge in [-0.3, -0.25) is 14.4 Å². The van der Waals surface area contributed by atoms with Gasteiger partial charge in [0.25, 0.3) is 0 Å². The third-order valence-corrected chi connectivity index (χ3v) is 9.64. The van der Waals surface area contributed by atoms with Crippen LogP contribution in [0.25, 0.3) is 0 Å². The van der Waals surface area contributed by atoms with E-state index >= 15 is 0 Å². The first-order chi connectivity index (χ1) is 15.4. The number of nitrogens with one attached hydrogen (secondary N) is 2. The van der Waals surface area contributed by atoms with Crippen LogP contribution in [-0.2, 0) is 14.4 Å². The molecule has 3 amide bonds. The molecule has 3 heterocycles. The van der Waals surface area contributed by atoms with Crippen molar-refractivity contribution in [1.29, 1.82) is 0 Å². The van der Waals surface area contributed by atoms with Gasteiger partial charge in [0, 0.05) is 25.4 Å². The van der Waals surface area contributed by atoms with E-state index in [-0.39, 0.29) is 35.5 Å². The molecule has 32 heavy (non-hydrogen) atoms. The van der Waals surface area contributed by atoms with Crippen molar-refractivity contribution in [3.05, 3.63) is 29.3 Å². The molecule has 174 valence electrons. The summed E-state index contributed by atoms with van der Waals surface area (Å²) in [6, 6.07) is 6.38. The van der Waals surface area contributed by atoms with Crippen LogP contribution in [0.5, 0.6) is 0 Å². The lowest BCUT2D eigenvalue weighted by atomic mass is 9.66. The van der Waals surface area contributed by atoms with Crippen molar-refractivity contribution in [2.24, 2.45) is 17.8 Å². The number of halogens is 1. The predicted octanol–water partition coefficient (Wildman–Crippen LogP) is 2.52. The average molecular weight is 480 g/mol. The van der Waals surface area contributed by atoms with Gasteiger partial charge in [0.2, 0.25) is 17.7 Å². The lowest BCUT2D eigenvalue weighted by molar-refractivity contribution is -0.139. The summed E-state index contributed by atoms with van der Waals surface area (Å²) in [6.07, 6.45) is 2.92. The Labute approximate surface area is 197 Å². The first-order valence-corrected chi connectivity index (χ1v) is 12.5. The maximum atomic E-state index is 13.7. The van der Waals surface area contributed by atoms with Crippen molar-refractivity contribution >= 4 is 46.8 Å². The third-order valence-electron chi connectivity index (χ3n) is 7.23. The second-order valence-corrected chi connectivity index (χ2v) is 10.9. The molecule has 1 aromatic rings. The lowest BCUT2D eigenvalue weighted by Gasteiger charge is -2.38. The fourth-order valence-corrected chi connectivity index (χ4v) is 8.47. The zero-order valence-corrected chi connectivity index (χ0v) is 19.9. The van der Waals surface area contributed by atoms with Crippen molar-refractivity contribution in [3.63, 3.8) is 0 Å². The van der Waals surface area contributed by atoms with E-state index in [1.54, 1.807) is 48.0 Å². The molecule has 3 aliphatic heterocycles. The third kappa shape index (κ3) is 3.60. The lowest BCUT2D eigenvalue weighted by Crippen LogP contribution is -2.55. The molecule has 0 aromatic heterocycles. The molecule has 0 saturated carbocycles. The number of hydrogen-bond acceptors (Lipinski definition) is 5. The van der Waals surface area contributed by atoms with Crippen LogP contribution in [-0.4, -0.2) is 64.0 Å². The van der Waals surface area contributed by atoms with Crippen LogP contribution in [0.3, 0.4) is 0 Å². The minimum atomic E-state index is -0.676. The fraction of sp³-hybridized carbons (Fsp3) is 0.609. The molecule has 0 aliphatic carbocycles. The number of unbranched alkanes of at least 4 members (excludes halogenated alkanes) is 2. The molecule has 3 unspecified atom stereocenters. The summed E-state index contributed by atoms with van der Waals surface area (Å²) >= 11 is 7.94. The first-order valence-electron chi connectivity index (χ1n) is 11.2. The molecule has 3 aliphatic rings. The average Bonchev–Trinajstić information content (AvgIpc) is 3.36. The molecule has 0 radical (unpaired) electrons.